The highest BCUT2D eigenvalue weighted by atomic mass is 32.2. The molecule has 0 amide bonds. The van der Waals surface area contributed by atoms with Crippen molar-refractivity contribution in [2.24, 2.45) is 0 Å². The van der Waals surface area contributed by atoms with Gasteiger partial charge in [-0.25, -0.2) is 8.42 Å². The zero-order valence-electron chi connectivity index (χ0n) is 14.5. The Morgan fingerprint density at radius 1 is 0.778 bits per heavy atom. The molecule has 1 heterocycles. The van der Waals surface area contributed by atoms with Crippen LogP contribution in [0.3, 0.4) is 0 Å². The monoisotopic (exact) mass is 374 g/mol. The predicted molar refractivity (Wildman–Crippen MR) is 108 cm³/mol. The van der Waals surface area contributed by atoms with Crippen LogP contribution in [0.5, 0.6) is 0 Å². The van der Waals surface area contributed by atoms with Gasteiger partial charge in [-0.15, -0.1) is 0 Å². The standard InChI is InChI=1S/C22H18N2O2S/c25-27(26,21-14-6-11-18-12-7-15-23-22(18)21)24-20-13-5-4-10-19(20)16-17-8-2-1-3-9-17/h1-15,24H,16H2. The number of aromatic nitrogens is 1. The van der Waals surface area contributed by atoms with Crippen molar-refractivity contribution in [3.8, 4) is 0 Å². The fourth-order valence-electron chi connectivity index (χ4n) is 3.08. The number of hydrogen-bond donors (Lipinski definition) is 1. The highest BCUT2D eigenvalue weighted by molar-refractivity contribution is 7.93. The van der Waals surface area contributed by atoms with Crippen LogP contribution >= 0.6 is 0 Å². The molecular weight excluding hydrogens is 356 g/mol. The van der Waals surface area contributed by atoms with Crippen molar-refractivity contribution in [2.75, 3.05) is 4.72 Å². The molecule has 0 aliphatic heterocycles. The third-order valence-corrected chi connectivity index (χ3v) is 5.78. The summed E-state index contributed by atoms with van der Waals surface area (Å²) in [6.45, 7) is 0. The van der Waals surface area contributed by atoms with E-state index in [9.17, 15) is 8.42 Å². The molecule has 0 bridgehead atoms. The van der Waals surface area contributed by atoms with Crippen molar-refractivity contribution >= 4 is 26.6 Å². The topological polar surface area (TPSA) is 59.1 Å². The van der Waals surface area contributed by atoms with Crippen LogP contribution in [-0.2, 0) is 16.4 Å². The normalized spacial score (nSPS) is 11.4. The lowest BCUT2D eigenvalue weighted by atomic mass is 10.0. The first-order valence-corrected chi connectivity index (χ1v) is 10.1. The highest BCUT2D eigenvalue weighted by Crippen LogP contribution is 2.26. The Morgan fingerprint density at radius 3 is 2.37 bits per heavy atom. The van der Waals surface area contributed by atoms with Gasteiger partial charge in [-0.1, -0.05) is 66.7 Å². The van der Waals surface area contributed by atoms with Crippen molar-refractivity contribution < 1.29 is 8.42 Å². The molecule has 1 N–H and O–H groups in total. The molecule has 3 aromatic carbocycles. The minimum Gasteiger partial charge on any atom is -0.279 e. The molecule has 134 valence electrons. The van der Waals surface area contributed by atoms with E-state index in [1.165, 1.54) is 0 Å². The van der Waals surface area contributed by atoms with E-state index < -0.39 is 10.0 Å². The van der Waals surface area contributed by atoms with E-state index in [0.29, 0.717) is 17.6 Å². The van der Waals surface area contributed by atoms with Gasteiger partial charge >= 0.3 is 0 Å². The van der Waals surface area contributed by atoms with Crippen molar-refractivity contribution in [1.82, 2.24) is 4.98 Å². The Bertz CT molecular complexity index is 1180. The molecule has 5 heteroatoms. The largest absolute Gasteiger partial charge is 0.279 e. The van der Waals surface area contributed by atoms with Gasteiger partial charge in [0.05, 0.1) is 11.2 Å². The van der Waals surface area contributed by atoms with Gasteiger partial charge < -0.3 is 0 Å². The number of rotatable bonds is 5. The van der Waals surface area contributed by atoms with E-state index >= 15 is 0 Å². The molecule has 4 aromatic rings. The van der Waals surface area contributed by atoms with Crippen LogP contribution in [0.1, 0.15) is 11.1 Å². The summed E-state index contributed by atoms with van der Waals surface area (Å²) >= 11 is 0. The molecular formula is C22H18N2O2S. The predicted octanol–water partition coefficient (Wildman–Crippen LogP) is 4.63. The first-order valence-electron chi connectivity index (χ1n) is 8.62. The third-order valence-electron chi connectivity index (χ3n) is 4.38. The molecule has 4 nitrogen and oxygen atoms in total. The lowest BCUT2D eigenvalue weighted by Gasteiger charge is -2.14. The Kier molecular flexibility index (Phi) is 4.60. The van der Waals surface area contributed by atoms with Crippen LogP contribution in [0.4, 0.5) is 5.69 Å². The van der Waals surface area contributed by atoms with Gasteiger partial charge in [-0.2, -0.15) is 0 Å². The lowest BCUT2D eigenvalue weighted by molar-refractivity contribution is 0.602. The maximum Gasteiger partial charge on any atom is 0.264 e. The van der Waals surface area contributed by atoms with E-state index in [1.807, 2.05) is 60.7 Å². The molecule has 0 saturated heterocycles. The maximum atomic E-state index is 13.1. The number of para-hydroxylation sites is 2. The van der Waals surface area contributed by atoms with Crippen molar-refractivity contribution in [2.45, 2.75) is 11.3 Å². The summed E-state index contributed by atoms with van der Waals surface area (Å²) in [5, 5.41) is 0.790. The van der Waals surface area contributed by atoms with Crippen LogP contribution in [0, 0.1) is 0 Å². The average Bonchev–Trinajstić information content (AvgIpc) is 2.70. The molecule has 0 atom stereocenters. The Hall–Kier alpha value is -3.18. The number of fused-ring (bicyclic) bond motifs is 1. The van der Waals surface area contributed by atoms with Gasteiger partial charge in [0.2, 0.25) is 0 Å². The van der Waals surface area contributed by atoms with Gasteiger partial charge in [0.15, 0.2) is 0 Å². The van der Waals surface area contributed by atoms with E-state index in [2.05, 4.69) is 9.71 Å². The maximum absolute atomic E-state index is 13.1. The number of nitrogens with zero attached hydrogens (tertiary/aromatic N) is 1. The number of benzene rings is 3. The molecule has 0 fully saturated rings. The summed E-state index contributed by atoms with van der Waals surface area (Å²) in [6, 6.07) is 26.2. The molecule has 27 heavy (non-hydrogen) atoms. The van der Waals surface area contributed by atoms with Gasteiger partial charge in [-0.3, -0.25) is 9.71 Å². The zero-order valence-corrected chi connectivity index (χ0v) is 15.4. The van der Waals surface area contributed by atoms with Crippen molar-refractivity contribution in [1.29, 1.82) is 0 Å². The quantitative estimate of drug-likeness (QED) is 0.554. The molecule has 0 saturated carbocycles. The summed E-state index contributed by atoms with van der Waals surface area (Å²) in [4.78, 5) is 4.44. The van der Waals surface area contributed by atoms with Crippen LogP contribution in [0.2, 0.25) is 0 Å². The smallest absolute Gasteiger partial charge is 0.264 e. The van der Waals surface area contributed by atoms with E-state index in [0.717, 1.165) is 16.5 Å². The SMILES string of the molecule is O=S(=O)(Nc1ccccc1Cc1ccccc1)c1cccc2cccnc12. The molecule has 0 radical (unpaired) electrons. The van der Waals surface area contributed by atoms with Crippen LogP contribution in [0.15, 0.2) is 96.0 Å². The van der Waals surface area contributed by atoms with Gasteiger partial charge in [0.1, 0.15) is 4.90 Å². The van der Waals surface area contributed by atoms with Crippen LogP contribution in [-0.4, -0.2) is 13.4 Å². The average molecular weight is 374 g/mol. The van der Waals surface area contributed by atoms with Crippen molar-refractivity contribution in [3.05, 3.63) is 102 Å². The van der Waals surface area contributed by atoms with E-state index in [4.69, 9.17) is 0 Å². The fourth-order valence-corrected chi connectivity index (χ4v) is 4.36. The van der Waals surface area contributed by atoms with Crippen molar-refractivity contribution in [3.63, 3.8) is 0 Å². The number of nitrogens with one attached hydrogen (secondary N) is 1. The number of hydrogen-bond acceptors (Lipinski definition) is 3. The summed E-state index contributed by atoms with van der Waals surface area (Å²) < 4.78 is 28.9. The molecule has 0 unspecified atom stereocenters. The van der Waals surface area contributed by atoms with E-state index in [-0.39, 0.29) is 4.90 Å². The Morgan fingerprint density at radius 2 is 1.52 bits per heavy atom. The van der Waals surface area contributed by atoms with Gasteiger partial charge in [0.25, 0.3) is 10.0 Å². The first-order chi connectivity index (χ1) is 13.1. The second kappa shape index (κ2) is 7.21. The summed E-state index contributed by atoms with van der Waals surface area (Å²) in [6.07, 6.45) is 2.25. The Balaban J connectivity index is 1.71. The first kappa shape index (κ1) is 17.2. The molecule has 1 aromatic heterocycles. The zero-order chi connectivity index (χ0) is 18.7. The minimum absolute atomic E-state index is 0.176. The summed E-state index contributed by atoms with van der Waals surface area (Å²) in [7, 11) is -3.77. The number of pyridine rings is 1. The third kappa shape index (κ3) is 3.68. The summed E-state index contributed by atoms with van der Waals surface area (Å²) in [5.74, 6) is 0. The van der Waals surface area contributed by atoms with Crippen LogP contribution < -0.4 is 4.72 Å². The molecule has 0 spiro atoms. The second-order valence-corrected chi connectivity index (χ2v) is 7.91. The second-order valence-electron chi connectivity index (χ2n) is 6.26. The van der Waals surface area contributed by atoms with Crippen LogP contribution in [0.25, 0.3) is 10.9 Å². The van der Waals surface area contributed by atoms with Gasteiger partial charge in [0, 0.05) is 11.6 Å². The number of sulfonamides is 1. The lowest BCUT2D eigenvalue weighted by Crippen LogP contribution is -2.15. The fraction of sp³-hybridized carbons (Fsp3) is 0.0455. The molecule has 4 rings (SSSR count). The Labute approximate surface area is 158 Å². The minimum atomic E-state index is -3.77. The van der Waals surface area contributed by atoms with E-state index in [1.54, 1.807) is 30.5 Å². The molecule has 0 aliphatic rings. The van der Waals surface area contributed by atoms with Gasteiger partial charge in [-0.05, 0) is 35.7 Å². The highest BCUT2D eigenvalue weighted by Gasteiger charge is 2.19. The number of anilines is 1. The molecule has 0 aliphatic carbocycles. The summed E-state index contributed by atoms with van der Waals surface area (Å²) in [5.41, 5.74) is 3.08.